The first-order chi connectivity index (χ1) is 11.5. The number of thiophene rings is 1. The lowest BCUT2D eigenvalue weighted by atomic mass is 10.2. The quantitative estimate of drug-likeness (QED) is 0.861. The molecule has 24 heavy (non-hydrogen) atoms. The third-order valence-corrected chi connectivity index (χ3v) is 6.98. The number of hydrogen-bond acceptors (Lipinski definition) is 4. The van der Waals surface area contributed by atoms with E-state index < -0.39 is 10.0 Å². The average molecular weight is 385 g/mol. The monoisotopic (exact) mass is 384 g/mol. The Hall–Kier alpha value is -1.41. The SMILES string of the molecule is O=C(NCc1ccc(Cl)s1)c1cccc(S(=O)(=O)N2CCCC2)c1. The molecule has 1 aliphatic rings. The lowest BCUT2D eigenvalue weighted by Gasteiger charge is -2.16. The third-order valence-electron chi connectivity index (χ3n) is 3.85. The maximum absolute atomic E-state index is 12.6. The Kier molecular flexibility index (Phi) is 5.24. The van der Waals surface area contributed by atoms with E-state index in [0.29, 0.717) is 29.5 Å². The second-order valence-corrected chi connectivity index (χ2v) is 9.27. The highest BCUT2D eigenvalue weighted by molar-refractivity contribution is 7.89. The minimum Gasteiger partial charge on any atom is -0.347 e. The van der Waals surface area contributed by atoms with Crippen LogP contribution >= 0.6 is 22.9 Å². The smallest absolute Gasteiger partial charge is 0.251 e. The molecule has 1 amide bonds. The summed E-state index contributed by atoms with van der Waals surface area (Å²) < 4.78 is 27.3. The van der Waals surface area contributed by atoms with Crippen molar-refractivity contribution >= 4 is 38.9 Å². The van der Waals surface area contributed by atoms with Gasteiger partial charge in [-0.2, -0.15) is 4.31 Å². The van der Waals surface area contributed by atoms with E-state index in [1.807, 2.05) is 6.07 Å². The molecule has 1 saturated heterocycles. The van der Waals surface area contributed by atoms with Gasteiger partial charge in [0.1, 0.15) is 0 Å². The van der Waals surface area contributed by atoms with E-state index in [9.17, 15) is 13.2 Å². The molecule has 0 atom stereocenters. The van der Waals surface area contributed by atoms with Gasteiger partial charge >= 0.3 is 0 Å². The molecule has 2 heterocycles. The van der Waals surface area contributed by atoms with Crippen LogP contribution in [0.4, 0.5) is 0 Å². The molecule has 1 fully saturated rings. The van der Waals surface area contributed by atoms with Crippen LogP contribution in [-0.2, 0) is 16.6 Å². The zero-order chi connectivity index (χ0) is 17.2. The van der Waals surface area contributed by atoms with Crippen LogP contribution in [0.1, 0.15) is 28.1 Å². The van der Waals surface area contributed by atoms with Gasteiger partial charge in [0, 0.05) is 23.5 Å². The molecule has 128 valence electrons. The first-order valence-electron chi connectivity index (χ1n) is 7.59. The van der Waals surface area contributed by atoms with Crippen molar-refractivity contribution in [2.75, 3.05) is 13.1 Å². The van der Waals surface area contributed by atoms with Crippen molar-refractivity contribution in [3.05, 3.63) is 51.2 Å². The summed E-state index contributed by atoms with van der Waals surface area (Å²) >= 11 is 7.26. The Morgan fingerprint density at radius 2 is 1.96 bits per heavy atom. The van der Waals surface area contributed by atoms with Crippen molar-refractivity contribution in [3.8, 4) is 0 Å². The lowest BCUT2D eigenvalue weighted by molar-refractivity contribution is 0.0951. The molecule has 1 N–H and O–H groups in total. The Labute approximate surface area is 150 Å². The maximum atomic E-state index is 12.6. The highest BCUT2D eigenvalue weighted by Gasteiger charge is 2.27. The predicted molar refractivity (Wildman–Crippen MR) is 94.9 cm³/mol. The number of nitrogens with one attached hydrogen (secondary N) is 1. The molecule has 1 aromatic heterocycles. The highest BCUT2D eigenvalue weighted by atomic mass is 35.5. The zero-order valence-corrected chi connectivity index (χ0v) is 15.3. The summed E-state index contributed by atoms with van der Waals surface area (Å²) in [4.78, 5) is 13.4. The number of benzene rings is 1. The van der Waals surface area contributed by atoms with E-state index in [0.717, 1.165) is 17.7 Å². The van der Waals surface area contributed by atoms with E-state index in [-0.39, 0.29) is 10.8 Å². The zero-order valence-electron chi connectivity index (χ0n) is 12.9. The van der Waals surface area contributed by atoms with Crippen molar-refractivity contribution in [1.82, 2.24) is 9.62 Å². The highest BCUT2D eigenvalue weighted by Crippen LogP contribution is 2.22. The lowest BCUT2D eigenvalue weighted by Crippen LogP contribution is -2.28. The van der Waals surface area contributed by atoms with Crippen LogP contribution in [0, 0.1) is 0 Å². The molecular weight excluding hydrogens is 368 g/mol. The summed E-state index contributed by atoms with van der Waals surface area (Å²) in [6, 6.07) is 9.80. The molecule has 8 heteroatoms. The van der Waals surface area contributed by atoms with E-state index >= 15 is 0 Å². The summed E-state index contributed by atoms with van der Waals surface area (Å²) in [6.07, 6.45) is 1.76. The van der Waals surface area contributed by atoms with Gasteiger partial charge in [0.05, 0.1) is 15.8 Å². The first-order valence-corrected chi connectivity index (χ1v) is 10.2. The molecule has 2 aromatic rings. The molecule has 0 bridgehead atoms. The predicted octanol–water partition coefficient (Wildman–Crippen LogP) is 3.12. The molecule has 0 unspecified atom stereocenters. The molecule has 1 aromatic carbocycles. The molecule has 1 aliphatic heterocycles. The van der Waals surface area contributed by atoms with E-state index in [1.165, 1.54) is 27.8 Å². The maximum Gasteiger partial charge on any atom is 0.251 e. The van der Waals surface area contributed by atoms with Crippen molar-refractivity contribution in [3.63, 3.8) is 0 Å². The fraction of sp³-hybridized carbons (Fsp3) is 0.312. The number of nitrogens with zero attached hydrogens (tertiary/aromatic N) is 1. The fourth-order valence-electron chi connectivity index (χ4n) is 2.59. The largest absolute Gasteiger partial charge is 0.347 e. The van der Waals surface area contributed by atoms with E-state index in [1.54, 1.807) is 18.2 Å². The number of sulfonamides is 1. The van der Waals surface area contributed by atoms with Crippen molar-refractivity contribution < 1.29 is 13.2 Å². The molecule has 3 rings (SSSR count). The van der Waals surface area contributed by atoms with E-state index in [4.69, 9.17) is 11.6 Å². The van der Waals surface area contributed by atoms with Crippen LogP contribution in [0.25, 0.3) is 0 Å². The first kappa shape index (κ1) is 17.4. The molecular formula is C16H17ClN2O3S2. The van der Waals surface area contributed by atoms with Crippen LogP contribution in [0.15, 0.2) is 41.3 Å². The van der Waals surface area contributed by atoms with Crippen LogP contribution in [0.2, 0.25) is 4.34 Å². The molecule has 0 spiro atoms. The van der Waals surface area contributed by atoms with Crippen LogP contribution < -0.4 is 5.32 Å². The van der Waals surface area contributed by atoms with Crippen LogP contribution in [0.5, 0.6) is 0 Å². The average Bonchev–Trinajstić information content (AvgIpc) is 3.24. The number of rotatable bonds is 5. The topological polar surface area (TPSA) is 66.5 Å². The van der Waals surface area contributed by atoms with E-state index in [2.05, 4.69) is 5.32 Å². The van der Waals surface area contributed by atoms with Gasteiger partial charge in [0.25, 0.3) is 5.91 Å². The fourth-order valence-corrected chi connectivity index (χ4v) is 5.18. The van der Waals surface area contributed by atoms with Gasteiger partial charge in [0.2, 0.25) is 10.0 Å². The summed E-state index contributed by atoms with van der Waals surface area (Å²) in [5.74, 6) is -0.307. The second kappa shape index (κ2) is 7.23. The van der Waals surface area contributed by atoms with Crippen LogP contribution in [0.3, 0.4) is 0 Å². The van der Waals surface area contributed by atoms with Gasteiger partial charge in [-0.3, -0.25) is 4.79 Å². The number of halogens is 1. The van der Waals surface area contributed by atoms with Crippen molar-refractivity contribution in [2.45, 2.75) is 24.3 Å². The van der Waals surface area contributed by atoms with Gasteiger partial charge in [-0.1, -0.05) is 17.7 Å². The van der Waals surface area contributed by atoms with Gasteiger partial charge in [-0.05, 0) is 43.2 Å². The molecule has 5 nitrogen and oxygen atoms in total. The van der Waals surface area contributed by atoms with Crippen molar-refractivity contribution in [2.24, 2.45) is 0 Å². The van der Waals surface area contributed by atoms with Gasteiger partial charge in [-0.25, -0.2) is 8.42 Å². The summed E-state index contributed by atoms with van der Waals surface area (Å²) in [6.45, 7) is 1.44. The summed E-state index contributed by atoms with van der Waals surface area (Å²) in [5, 5.41) is 2.78. The van der Waals surface area contributed by atoms with Crippen LogP contribution in [-0.4, -0.2) is 31.7 Å². The number of carbonyl (C=O) groups is 1. The van der Waals surface area contributed by atoms with Gasteiger partial charge < -0.3 is 5.32 Å². The van der Waals surface area contributed by atoms with Crippen molar-refractivity contribution in [1.29, 1.82) is 0 Å². The second-order valence-electron chi connectivity index (χ2n) is 5.53. The molecule has 0 radical (unpaired) electrons. The normalized spacial score (nSPS) is 15.5. The summed E-state index contributed by atoms with van der Waals surface area (Å²) in [5.41, 5.74) is 0.331. The van der Waals surface area contributed by atoms with Gasteiger partial charge in [0.15, 0.2) is 0 Å². The number of hydrogen-bond donors (Lipinski definition) is 1. The molecule has 0 saturated carbocycles. The number of carbonyl (C=O) groups excluding carboxylic acids is 1. The Balaban J connectivity index is 1.73. The Morgan fingerprint density at radius 3 is 2.62 bits per heavy atom. The minimum absolute atomic E-state index is 0.163. The third kappa shape index (κ3) is 3.80. The standard InChI is InChI=1S/C16H17ClN2O3S2/c17-15-7-6-13(23-15)11-18-16(20)12-4-3-5-14(10-12)24(21,22)19-8-1-2-9-19/h3-7,10H,1-2,8-9,11H2,(H,18,20). The Morgan fingerprint density at radius 1 is 1.21 bits per heavy atom. The van der Waals surface area contributed by atoms with Gasteiger partial charge in [-0.15, -0.1) is 11.3 Å². The number of amides is 1. The summed E-state index contributed by atoms with van der Waals surface area (Å²) in [7, 11) is -3.52. The Bertz CT molecular complexity index is 843. The molecule has 0 aliphatic carbocycles. The minimum atomic E-state index is -3.52.